The number of fused-ring (bicyclic) bond motifs is 1. The molecule has 1 heterocycles. The van der Waals surface area contributed by atoms with E-state index in [1.807, 2.05) is 0 Å². The lowest BCUT2D eigenvalue weighted by Gasteiger charge is -2.12. The third-order valence-electron chi connectivity index (χ3n) is 4.26. The Bertz CT molecular complexity index is 961. The van der Waals surface area contributed by atoms with Crippen LogP contribution in [0.2, 0.25) is 0 Å². The van der Waals surface area contributed by atoms with Crippen molar-refractivity contribution in [3.05, 3.63) is 53.1 Å². The lowest BCUT2D eigenvalue weighted by molar-refractivity contribution is -0.134. The number of methoxy groups -OCH3 is 2. The van der Waals surface area contributed by atoms with Crippen LogP contribution in [0.3, 0.4) is 0 Å². The smallest absolute Gasteiger partial charge is 0.336 e. The number of ether oxygens (including phenoxy) is 4. The van der Waals surface area contributed by atoms with Crippen molar-refractivity contribution in [2.24, 2.45) is 0 Å². The molecule has 0 spiro atoms. The van der Waals surface area contributed by atoms with Gasteiger partial charge in [-0.25, -0.2) is 9.59 Å². The first-order valence-electron chi connectivity index (χ1n) is 8.25. The van der Waals surface area contributed by atoms with Crippen LogP contribution in [0, 0.1) is 0 Å². The minimum absolute atomic E-state index is 0.0301. The van der Waals surface area contributed by atoms with Crippen molar-refractivity contribution in [2.75, 3.05) is 21.0 Å². The normalized spacial score (nSPS) is 12.9. The maximum absolute atomic E-state index is 11.9. The summed E-state index contributed by atoms with van der Waals surface area (Å²) in [4.78, 5) is 23.8. The molecule has 0 unspecified atom stereocenters. The summed E-state index contributed by atoms with van der Waals surface area (Å²) in [6.45, 7) is 0.0301. The van der Waals surface area contributed by atoms with Crippen LogP contribution in [-0.4, -0.2) is 43.2 Å². The molecule has 0 fully saturated rings. The number of carboxylic acid groups (broad SMARTS) is 2. The summed E-state index contributed by atoms with van der Waals surface area (Å²) in [5.74, 6) is -0.926. The summed E-state index contributed by atoms with van der Waals surface area (Å²) in [5.41, 5.74) is 0.198. The first-order chi connectivity index (χ1) is 13.4. The van der Waals surface area contributed by atoms with Gasteiger partial charge in [0.05, 0.1) is 25.4 Å². The largest absolute Gasteiger partial charge is 0.493 e. The summed E-state index contributed by atoms with van der Waals surface area (Å²) in [5, 5.41) is 19.4. The van der Waals surface area contributed by atoms with Crippen molar-refractivity contribution < 1.29 is 38.7 Å². The van der Waals surface area contributed by atoms with E-state index in [-0.39, 0.29) is 29.9 Å². The van der Waals surface area contributed by atoms with E-state index in [1.165, 1.54) is 26.4 Å². The molecule has 0 aromatic heterocycles. The van der Waals surface area contributed by atoms with E-state index in [2.05, 4.69) is 0 Å². The molecule has 0 saturated heterocycles. The minimum Gasteiger partial charge on any atom is -0.493 e. The maximum atomic E-state index is 11.9. The summed E-state index contributed by atoms with van der Waals surface area (Å²) in [6, 6.07) is 9.41. The van der Waals surface area contributed by atoms with E-state index in [1.54, 1.807) is 24.3 Å². The highest BCUT2D eigenvalue weighted by atomic mass is 16.7. The molecular formula is C20H18O8. The van der Waals surface area contributed by atoms with Crippen molar-refractivity contribution >= 4 is 17.5 Å². The Balaban J connectivity index is 2.07. The van der Waals surface area contributed by atoms with Crippen LogP contribution in [0.1, 0.15) is 11.1 Å². The molecule has 0 aliphatic carbocycles. The molecule has 2 aromatic carbocycles. The lowest BCUT2D eigenvalue weighted by atomic mass is 9.94. The van der Waals surface area contributed by atoms with E-state index >= 15 is 0 Å². The zero-order valence-electron chi connectivity index (χ0n) is 15.2. The number of rotatable bonds is 7. The monoisotopic (exact) mass is 386 g/mol. The first kappa shape index (κ1) is 19.1. The van der Waals surface area contributed by atoms with Gasteiger partial charge in [-0.3, -0.25) is 0 Å². The zero-order valence-corrected chi connectivity index (χ0v) is 15.2. The molecule has 2 N–H and O–H groups in total. The minimum atomic E-state index is -1.35. The highest BCUT2D eigenvalue weighted by molar-refractivity contribution is 6.22. The second-order valence-electron chi connectivity index (χ2n) is 5.90. The number of aliphatic carboxylic acids is 2. The van der Waals surface area contributed by atoms with Gasteiger partial charge < -0.3 is 29.2 Å². The molecule has 2 aromatic rings. The van der Waals surface area contributed by atoms with E-state index in [0.717, 1.165) is 0 Å². The molecule has 1 aliphatic heterocycles. The Morgan fingerprint density at radius 3 is 2.29 bits per heavy atom. The molecule has 1 aliphatic rings. The van der Waals surface area contributed by atoms with E-state index in [9.17, 15) is 19.8 Å². The van der Waals surface area contributed by atoms with Gasteiger partial charge in [0.25, 0.3) is 0 Å². The fraction of sp³-hybridized carbons (Fsp3) is 0.200. The Morgan fingerprint density at radius 1 is 0.929 bits per heavy atom. The van der Waals surface area contributed by atoms with Crippen molar-refractivity contribution in [3.63, 3.8) is 0 Å². The van der Waals surface area contributed by atoms with Gasteiger partial charge in [-0.1, -0.05) is 12.1 Å². The number of carboxylic acids is 2. The van der Waals surface area contributed by atoms with Crippen molar-refractivity contribution in [1.29, 1.82) is 0 Å². The number of hydrogen-bond donors (Lipinski definition) is 2. The Kier molecular flexibility index (Phi) is 5.39. The highest BCUT2D eigenvalue weighted by Crippen LogP contribution is 2.36. The SMILES string of the molecule is COc1ccc(C/C(C(=O)O)=C(/C(=O)O)c2ccc3c(c2)OCO3)cc1OC. The second-order valence-corrected chi connectivity index (χ2v) is 5.90. The molecule has 8 nitrogen and oxygen atoms in total. The fourth-order valence-corrected chi connectivity index (χ4v) is 2.94. The Labute approximate surface area is 160 Å². The van der Waals surface area contributed by atoms with Crippen molar-refractivity contribution in [2.45, 2.75) is 6.42 Å². The molecule has 0 atom stereocenters. The van der Waals surface area contributed by atoms with Crippen LogP contribution in [0.4, 0.5) is 0 Å². The topological polar surface area (TPSA) is 112 Å². The van der Waals surface area contributed by atoms with Gasteiger partial charge in [0.2, 0.25) is 6.79 Å². The van der Waals surface area contributed by atoms with E-state index in [4.69, 9.17) is 18.9 Å². The Morgan fingerprint density at radius 2 is 1.64 bits per heavy atom. The molecule has 28 heavy (non-hydrogen) atoms. The fourth-order valence-electron chi connectivity index (χ4n) is 2.94. The van der Waals surface area contributed by atoms with Crippen LogP contribution >= 0.6 is 0 Å². The second kappa shape index (κ2) is 7.91. The average molecular weight is 386 g/mol. The third kappa shape index (κ3) is 3.71. The zero-order chi connectivity index (χ0) is 20.3. The van der Waals surface area contributed by atoms with Crippen molar-refractivity contribution in [3.8, 4) is 23.0 Å². The van der Waals surface area contributed by atoms with Crippen LogP contribution in [0.15, 0.2) is 42.0 Å². The summed E-state index contributed by atoms with van der Waals surface area (Å²) in [7, 11) is 2.95. The summed E-state index contributed by atoms with van der Waals surface area (Å²) < 4.78 is 20.9. The van der Waals surface area contributed by atoms with Gasteiger partial charge in [0.1, 0.15) is 0 Å². The summed E-state index contributed by atoms with van der Waals surface area (Å²) in [6.07, 6.45) is -0.119. The van der Waals surface area contributed by atoms with Gasteiger partial charge in [-0.05, 0) is 35.4 Å². The standard InChI is InChI=1S/C20H18O8/c1-25-14-5-3-11(8-16(14)26-2)7-13(19(21)22)18(20(23)24)12-4-6-15-17(9-12)28-10-27-15/h3-6,8-9H,7,10H2,1-2H3,(H,21,22)(H,23,24)/b18-13-. The van der Waals surface area contributed by atoms with Crippen LogP contribution in [0.5, 0.6) is 23.0 Å². The molecular weight excluding hydrogens is 368 g/mol. The number of benzene rings is 2. The lowest BCUT2D eigenvalue weighted by Crippen LogP contribution is -2.13. The molecule has 0 radical (unpaired) electrons. The van der Waals surface area contributed by atoms with Crippen molar-refractivity contribution in [1.82, 2.24) is 0 Å². The van der Waals surface area contributed by atoms with Gasteiger partial charge in [0, 0.05) is 6.42 Å². The molecule has 0 bridgehead atoms. The van der Waals surface area contributed by atoms with E-state index < -0.39 is 11.9 Å². The highest BCUT2D eigenvalue weighted by Gasteiger charge is 2.25. The first-order valence-corrected chi connectivity index (χ1v) is 8.25. The van der Waals surface area contributed by atoms with Gasteiger partial charge in [-0.15, -0.1) is 0 Å². The van der Waals surface area contributed by atoms with Gasteiger partial charge in [0.15, 0.2) is 23.0 Å². The molecule has 3 rings (SSSR count). The Hall–Kier alpha value is -3.68. The van der Waals surface area contributed by atoms with Crippen LogP contribution in [-0.2, 0) is 16.0 Å². The quantitative estimate of drug-likeness (QED) is 0.699. The number of carbonyl (C=O) groups is 2. The molecule has 146 valence electrons. The summed E-state index contributed by atoms with van der Waals surface area (Å²) >= 11 is 0. The molecule has 8 heteroatoms. The van der Waals surface area contributed by atoms with Gasteiger partial charge in [-0.2, -0.15) is 0 Å². The molecule has 0 amide bonds. The predicted octanol–water partition coefficient (Wildman–Crippen LogP) is 2.60. The predicted molar refractivity (Wildman–Crippen MR) is 98.0 cm³/mol. The van der Waals surface area contributed by atoms with Gasteiger partial charge >= 0.3 is 11.9 Å². The van der Waals surface area contributed by atoms with Crippen LogP contribution in [0.25, 0.3) is 5.57 Å². The van der Waals surface area contributed by atoms with Crippen LogP contribution < -0.4 is 18.9 Å². The van der Waals surface area contributed by atoms with E-state index in [0.29, 0.717) is 28.6 Å². The number of hydrogen-bond acceptors (Lipinski definition) is 6. The molecule has 0 saturated carbocycles. The average Bonchev–Trinajstić information content (AvgIpc) is 3.14. The third-order valence-corrected chi connectivity index (χ3v) is 4.26. The maximum Gasteiger partial charge on any atom is 0.336 e.